The van der Waals surface area contributed by atoms with Crippen molar-refractivity contribution < 1.29 is 14.3 Å². The van der Waals surface area contributed by atoms with Crippen molar-refractivity contribution in [2.45, 2.75) is 32.6 Å². The average Bonchev–Trinajstić information content (AvgIpc) is 3.49. The van der Waals surface area contributed by atoms with E-state index in [-0.39, 0.29) is 23.7 Å². The van der Waals surface area contributed by atoms with Crippen LogP contribution >= 0.6 is 0 Å². The van der Waals surface area contributed by atoms with E-state index in [0.717, 1.165) is 29.0 Å². The molecule has 1 aliphatic carbocycles. The monoisotopic (exact) mass is 380 g/mol. The molecule has 2 unspecified atom stereocenters. The fourth-order valence-corrected chi connectivity index (χ4v) is 3.40. The second-order valence-corrected chi connectivity index (χ2v) is 7.57. The first kappa shape index (κ1) is 19.9. The maximum absolute atomic E-state index is 12.5. The number of carbonyl (C=O) groups is 2. The molecular weight excluding hydrogens is 352 g/mol. The quantitative estimate of drug-likeness (QED) is 0.733. The zero-order chi connectivity index (χ0) is 20.1. The van der Waals surface area contributed by atoms with Crippen LogP contribution in [0.2, 0.25) is 0 Å². The first-order valence-electron chi connectivity index (χ1n) is 9.80. The van der Waals surface area contributed by atoms with Gasteiger partial charge in [0.1, 0.15) is 5.75 Å². The molecule has 2 atom stereocenters. The van der Waals surface area contributed by atoms with Gasteiger partial charge in [-0.15, -0.1) is 0 Å². The second-order valence-electron chi connectivity index (χ2n) is 7.57. The van der Waals surface area contributed by atoms with Gasteiger partial charge in [0, 0.05) is 12.2 Å². The molecule has 0 radical (unpaired) electrons. The molecule has 1 aliphatic rings. The van der Waals surface area contributed by atoms with Crippen LogP contribution in [0.4, 0.5) is 5.69 Å². The zero-order valence-corrected chi connectivity index (χ0v) is 16.7. The summed E-state index contributed by atoms with van der Waals surface area (Å²) in [5, 5.41) is 5.95. The van der Waals surface area contributed by atoms with E-state index in [9.17, 15) is 9.59 Å². The average molecular weight is 380 g/mol. The zero-order valence-electron chi connectivity index (χ0n) is 16.7. The SMILES string of the molecule is COc1cccc(CCNC(=O)C2CC2C(=O)Nc2ccccc2C(C)C)c1. The van der Waals surface area contributed by atoms with Crippen molar-refractivity contribution in [2.75, 3.05) is 19.0 Å². The molecule has 2 aromatic rings. The van der Waals surface area contributed by atoms with Crippen LogP contribution in [0, 0.1) is 11.8 Å². The Morgan fingerprint density at radius 2 is 1.82 bits per heavy atom. The van der Waals surface area contributed by atoms with Crippen LogP contribution in [-0.4, -0.2) is 25.5 Å². The highest BCUT2D eigenvalue weighted by molar-refractivity contribution is 6.00. The number of nitrogens with one attached hydrogen (secondary N) is 2. The topological polar surface area (TPSA) is 67.4 Å². The van der Waals surface area contributed by atoms with E-state index >= 15 is 0 Å². The smallest absolute Gasteiger partial charge is 0.228 e. The fraction of sp³-hybridized carbons (Fsp3) is 0.391. The Morgan fingerprint density at radius 3 is 2.57 bits per heavy atom. The summed E-state index contributed by atoms with van der Waals surface area (Å²) >= 11 is 0. The van der Waals surface area contributed by atoms with E-state index in [1.54, 1.807) is 7.11 Å². The summed E-state index contributed by atoms with van der Waals surface area (Å²) in [6, 6.07) is 15.6. The molecule has 0 aliphatic heterocycles. The lowest BCUT2D eigenvalue weighted by molar-refractivity contribution is -0.125. The Balaban J connectivity index is 1.47. The number of anilines is 1. The molecule has 0 saturated heterocycles. The Bertz CT molecular complexity index is 847. The molecule has 5 heteroatoms. The van der Waals surface area contributed by atoms with Gasteiger partial charge in [-0.1, -0.05) is 44.2 Å². The lowest BCUT2D eigenvalue weighted by Crippen LogP contribution is -2.29. The van der Waals surface area contributed by atoms with E-state index in [1.165, 1.54) is 0 Å². The van der Waals surface area contributed by atoms with Gasteiger partial charge in [-0.3, -0.25) is 9.59 Å². The predicted molar refractivity (Wildman–Crippen MR) is 110 cm³/mol. The number of hydrogen-bond donors (Lipinski definition) is 2. The van der Waals surface area contributed by atoms with Crippen LogP contribution in [0.5, 0.6) is 5.75 Å². The van der Waals surface area contributed by atoms with Gasteiger partial charge in [-0.25, -0.2) is 0 Å². The lowest BCUT2D eigenvalue weighted by atomic mass is 10.0. The van der Waals surface area contributed by atoms with Crippen LogP contribution in [0.15, 0.2) is 48.5 Å². The Morgan fingerprint density at radius 1 is 1.07 bits per heavy atom. The van der Waals surface area contributed by atoms with Gasteiger partial charge in [0.15, 0.2) is 0 Å². The maximum atomic E-state index is 12.5. The summed E-state index contributed by atoms with van der Waals surface area (Å²) in [6.07, 6.45) is 1.34. The molecule has 2 aromatic carbocycles. The molecule has 1 saturated carbocycles. The van der Waals surface area contributed by atoms with E-state index in [2.05, 4.69) is 24.5 Å². The molecule has 28 heavy (non-hydrogen) atoms. The van der Waals surface area contributed by atoms with Crippen molar-refractivity contribution in [1.29, 1.82) is 0 Å². The Hall–Kier alpha value is -2.82. The van der Waals surface area contributed by atoms with Gasteiger partial charge in [-0.2, -0.15) is 0 Å². The number of ether oxygens (including phenoxy) is 1. The van der Waals surface area contributed by atoms with Crippen molar-refractivity contribution in [3.63, 3.8) is 0 Å². The van der Waals surface area contributed by atoms with E-state index in [1.807, 2.05) is 48.5 Å². The van der Waals surface area contributed by atoms with Crippen LogP contribution in [0.3, 0.4) is 0 Å². The van der Waals surface area contributed by atoms with E-state index in [4.69, 9.17) is 4.74 Å². The van der Waals surface area contributed by atoms with E-state index < -0.39 is 0 Å². The van der Waals surface area contributed by atoms with Gasteiger partial charge in [0.25, 0.3) is 0 Å². The molecule has 0 aromatic heterocycles. The van der Waals surface area contributed by atoms with Crippen LogP contribution in [0.1, 0.15) is 37.3 Å². The first-order chi connectivity index (χ1) is 13.5. The summed E-state index contributed by atoms with van der Waals surface area (Å²) in [7, 11) is 1.64. The number of rotatable bonds is 8. The van der Waals surface area contributed by atoms with Crippen molar-refractivity contribution >= 4 is 17.5 Å². The summed E-state index contributed by atoms with van der Waals surface area (Å²) < 4.78 is 5.21. The minimum Gasteiger partial charge on any atom is -0.497 e. The van der Waals surface area contributed by atoms with Crippen molar-refractivity contribution in [3.05, 3.63) is 59.7 Å². The minimum absolute atomic E-state index is 0.0415. The van der Waals surface area contributed by atoms with Crippen LogP contribution in [0.25, 0.3) is 0 Å². The fourth-order valence-electron chi connectivity index (χ4n) is 3.40. The van der Waals surface area contributed by atoms with Crippen LogP contribution in [-0.2, 0) is 16.0 Å². The molecule has 0 heterocycles. The Labute approximate surface area is 166 Å². The van der Waals surface area contributed by atoms with Gasteiger partial charge in [0.2, 0.25) is 11.8 Å². The number of methoxy groups -OCH3 is 1. The molecule has 1 fully saturated rings. The molecule has 2 N–H and O–H groups in total. The molecule has 3 rings (SSSR count). The summed E-state index contributed by atoms with van der Waals surface area (Å²) in [5.41, 5.74) is 3.05. The van der Waals surface area contributed by atoms with Crippen molar-refractivity contribution in [3.8, 4) is 5.75 Å². The third-order valence-corrected chi connectivity index (χ3v) is 5.15. The number of para-hydroxylation sites is 1. The Kier molecular flexibility index (Phi) is 6.34. The largest absolute Gasteiger partial charge is 0.497 e. The molecular formula is C23H28N2O3. The number of benzene rings is 2. The standard InChI is InChI=1S/C23H28N2O3/c1-15(2)18-9-4-5-10-21(18)25-23(27)20-14-19(20)22(26)24-12-11-16-7-6-8-17(13-16)28-3/h4-10,13,15,19-20H,11-12,14H2,1-3H3,(H,24,26)(H,25,27). The third-order valence-electron chi connectivity index (χ3n) is 5.15. The number of amides is 2. The van der Waals surface area contributed by atoms with Gasteiger partial charge in [0.05, 0.1) is 18.9 Å². The summed E-state index contributed by atoms with van der Waals surface area (Å²) in [4.78, 5) is 24.9. The predicted octanol–water partition coefficient (Wildman–Crippen LogP) is 3.75. The molecule has 0 spiro atoms. The van der Waals surface area contributed by atoms with Gasteiger partial charge < -0.3 is 15.4 Å². The second kappa shape index (κ2) is 8.91. The molecule has 0 bridgehead atoms. The highest BCUT2D eigenvalue weighted by Crippen LogP contribution is 2.40. The molecule has 5 nitrogen and oxygen atoms in total. The van der Waals surface area contributed by atoms with Gasteiger partial charge in [-0.05, 0) is 48.1 Å². The minimum atomic E-state index is -0.239. The van der Waals surface area contributed by atoms with E-state index in [0.29, 0.717) is 18.9 Å². The van der Waals surface area contributed by atoms with Crippen molar-refractivity contribution in [1.82, 2.24) is 5.32 Å². The summed E-state index contributed by atoms with van der Waals surface area (Å²) in [5.74, 6) is 0.561. The third kappa shape index (κ3) is 4.91. The maximum Gasteiger partial charge on any atom is 0.228 e. The number of carbonyl (C=O) groups excluding carboxylic acids is 2. The normalized spacial score (nSPS) is 17.9. The highest BCUT2D eigenvalue weighted by Gasteiger charge is 2.47. The van der Waals surface area contributed by atoms with Gasteiger partial charge >= 0.3 is 0 Å². The number of hydrogen-bond acceptors (Lipinski definition) is 3. The summed E-state index contributed by atoms with van der Waals surface area (Å²) in [6.45, 7) is 4.74. The lowest BCUT2D eigenvalue weighted by Gasteiger charge is -2.13. The van der Waals surface area contributed by atoms with Crippen LogP contribution < -0.4 is 15.4 Å². The highest BCUT2D eigenvalue weighted by atomic mass is 16.5. The molecule has 2 amide bonds. The first-order valence-corrected chi connectivity index (χ1v) is 9.80. The molecule has 148 valence electrons. The van der Waals surface area contributed by atoms with Crippen molar-refractivity contribution in [2.24, 2.45) is 11.8 Å².